The van der Waals surface area contributed by atoms with Crippen LogP contribution in [-0.4, -0.2) is 0 Å². The number of aryl methyl sites for hydroxylation is 3. The summed E-state index contributed by atoms with van der Waals surface area (Å²) in [5.74, 6) is 0. The van der Waals surface area contributed by atoms with Crippen LogP contribution in [0.25, 0.3) is 0 Å². The van der Waals surface area contributed by atoms with Crippen molar-refractivity contribution in [3.8, 4) is 0 Å². The fourth-order valence-corrected chi connectivity index (χ4v) is 2.71. The molecule has 0 aromatic heterocycles. The summed E-state index contributed by atoms with van der Waals surface area (Å²) in [6.07, 6.45) is 0. The first-order valence-electron chi connectivity index (χ1n) is 6.98. The summed E-state index contributed by atoms with van der Waals surface area (Å²) in [6, 6.07) is 13.5. The van der Waals surface area contributed by atoms with E-state index in [0.29, 0.717) is 0 Å². The second kappa shape index (κ2) is 4.85. The van der Waals surface area contributed by atoms with Crippen molar-refractivity contribution in [1.82, 2.24) is 0 Å². The molecule has 0 aliphatic rings. The van der Waals surface area contributed by atoms with E-state index < -0.39 is 0 Å². The van der Waals surface area contributed by atoms with E-state index in [1.165, 1.54) is 33.4 Å². The van der Waals surface area contributed by atoms with Gasteiger partial charge in [-0.25, -0.2) is 0 Å². The highest BCUT2D eigenvalue weighted by molar-refractivity contribution is 5.46. The van der Waals surface area contributed by atoms with Gasteiger partial charge in [0.2, 0.25) is 0 Å². The molecule has 19 heavy (non-hydrogen) atoms. The van der Waals surface area contributed by atoms with Crippen molar-refractivity contribution in [2.45, 2.75) is 47.0 Å². The molecule has 0 saturated carbocycles. The monoisotopic (exact) mass is 252 g/mol. The van der Waals surface area contributed by atoms with Gasteiger partial charge < -0.3 is 0 Å². The van der Waals surface area contributed by atoms with Crippen molar-refractivity contribution in [2.75, 3.05) is 0 Å². The Hall–Kier alpha value is -1.56. The molecule has 100 valence electrons. The fraction of sp³-hybridized carbons (Fsp3) is 0.368. The van der Waals surface area contributed by atoms with Gasteiger partial charge in [0, 0.05) is 5.41 Å². The molecule has 0 atom stereocenters. The lowest BCUT2D eigenvalue weighted by Crippen LogP contribution is -2.21. The lowest BCUT2D eigenvalue weighted by molar-refractivity contribution is 0.634. The molecule has 0 amide bonds. The summed E-state index contributed by atoms with van der Waals surface area (Å²) >= 11 is 0. The molecule has 0 aliphatic carbocycles. The van der Waals surface area contributed by atoms with Crippen molar-refractivity contribution in [1.29, 1.82) is 0 Å². The van der Waals surface area contributed by atoms with Crippen LogP contribution >= 0.6 is 0 Å². The molecule has 0 bridgehead atoms. The highest BCUT2D eigenvalue weighted by Gasteiger charge is 2.25. The summed E-state index contributed by atoms with van der Waals surface area (Å²) < 4.78 is 0. The van der Waals surface area contributed by atoms with Crippen molar-refractivity contribution in [3.05, 3.63) is 69.8 Å². The zero-order valence-electron chi connectivity index (χ0n) is 13.0. The third-order valence-electron chi connectivity index (χ3n) is 4.51. The Morgan fingerprint density at radius 2 is 1.42 bits per heavy atom. The zero-order chi connectivity index (χ0) is 14.2. The van der Waals surface area contributed by atoms with Crippen LogP contribution in [0.5, 0.6) is 0 Å². The standard InChI is InChI=1S/C19H24/c1-13-10-11-17(12-15(13)3)19(5,6)18-9-7-8-14(2)16(18)4/h7-12H,1-6H3. The van der Waals surface area contributed by atoms with Gasteiger partial charge in [0.05, 0.1) is 0 Å². The van der Waals surface area contributed by atoms with Crippen LogP contribution in [0.2, 0.25) is 0 Å². The zero-order valence-corrected chi connectivity index (χ0v) is 13.0. The Kier molecular flexibility index (Phi) is 3.54. The topological polar surface area (TPSA) is 0 Å². The van der Waals surface area contributed by atoms with E-state index >= 15 is 0 Å². The van der Waals surface area contributed by atoms with Gasteiger partial charge in [0.25, 0.3) is 0 Å². The Balaban J connectivity index is 2.58. The maximum atomic E-state index is 2.33. The summed E-state index contributed by atoms with van der Waals surface area (Å²) in [4.78, 5) is 0. The summed E-state index contributed by atoms with van der Waals surface area (Å²) in [5.41, 5.74) is 8.38. The molecule has 0 spiro atoms. The van der Waals surface area contributed by atoms with E-state index in [1.54, 1.807) is 0 Å². The number of rotatable bonds is 2. The maximum Gasteiger partial charge on any atom is 0.0149 e. The Labute approximate surface area is 117 Å². The molecule has 0 nitrogen and oxygen atoms in total. The largest absolute Gasteiger partial charge is 0.0617 e. The highest BCUT2D eigenvalue weighted by atomic mass is 14.3. The number of hydrogen-bond donors (Lipinski definition) is 0. The predicted molar refractivity (Wildman–Crippen MR) is 84.0 cm³/mol. The molecular formula is C19H24. The summed E-state index contributed by atoms with van der Waals surface area (Å²) in [5, 5.41) is 0. The second-order valence-corrected chi connectivity index (χ2v) is 6.17. The minimum absolute atomic E-state index is 0.0502. The van der Waals surface area contributed by atoms with Crippen molar-refractivity contribution in [3.63, 3.8) is 0 Å². The van der Waals surface area contributed by atoms with E-state index in [0.717, 1.165) is 0 Å². The minimum atomic E-state index is 0.0502. The van der Waals surface area contributed by atoms with Gasteiger partial charge in [-0.1, -0.05) is 50.2 Å². The molecule has 2 aromatic carbocycles. The Morgan fingerprint density at radius 1 is 0.737 bits per heavy atom. The van der Waals surface area contributed by atoms with Gasteiger partial charge in [-0.05, 0) is 61.1 Å². The van der Waals surface area contributed by atoms with E-state index in [2.05, 4.69) is 77.9 Å². The van der Waals surface area contributed by atoms with Gasteiger partial charge in [0.1, 0.15) is 0 Å². The Morgan fingerprint density at radius 3 is 2.05 bits per heavy atom. The summed E-state index contributed by atoms with van der Waals surface area (Å²) in [6.45, 7) is 13.4. The lowest BCUT2D eigenvalue weighted by Gasteiger charge is -2.29. The molecule has 2 rings (SSSR count). The van der Waals surface area contributed by atoms with E-state index in [4.69, 9.17) is 0 Å². The second-order valence-electron chi connectivity index (χ2n) is 6.17. The van der Waals surface area contributed by atoms with E-state index in [1.807, 2.05) is 0 Å². The normalized spacial score (nSPS) is 11.7. The predicted octanol–water partition coefficient (Wildman–Crippen LogP) is 5.25. The van der Waals surface area contributed by atoms with E-state index in [-0.39, 0.29) is 5.41 Å². The molecule has 0 N–H and O–H groups in total. The fourth-order valence-electron chi connectivity index (χ4n) is 2.71. The molecule has 0 aliphatic heterocycles. The highest BCUT2D eigenvalue weighted by Crippen LogP contribution is 2.35. The van der Waals surface area contributed by atoms with Gasteiger partial charge >= 0.3 is 0 Å². The van der Waals surface area contributed by atoms with Crippen LogP contribution in [0, 0.1) is 27.7 Å². The van der Waals surface area contributed by atoms with Crippen molar-refractivity contribution >= 4 is 0 Å². The maximum absolute atomic E-state index is 2.33. The van der Waals surface area contributed by atoms with Gasteiger partial charge in [0.15, 0.2) is 0 Å². The molecular weight excluding hydrogens is 228 g/mol. The first-order chi connectivity index (χ1) is 8.84. The molecule has 0 radical (unpaired) electrons. The van der Waals surface area contributed by atoms with Crippen molar-refractivity contribution < 1.29 is 0 Å². The molecule has 0 fully saturated rings. The average molecular weight is 252 g/mol. The molecule has 0 heterocycles. The third-order valence-corrected chi connectivity index (χ3v) is 4.51. The first-order valence-corrected chi connectivity index (χ1v) is 6.98. The molecule has 0 saturated heterocycles. The molecule has 2 aromatic rings. The number of benzene rings is 2. The van der Waals surface area contributed by atoms with Crippen LogP contribution in [0.4, 0.5) is 0 Å². The molecule has 0 heteroatoms. The van der Waals surface area contributed by atoms with Crippen LogP contribution in [-0.2, 0) is 5.41 Å². The quantitative estimate of drug-likeness (QED) is 0.685. The minimum Gasteiger partial charge on any atom is -0.0617 e. The lowest BCUT2D eigenvalue weighted by atomic mass is 9.75. The number of hydrogen-bond acceptors (Lipinski definition) is 0. The van der Waals surface area contributed by atoms with Crippen molar-refractivity contribution in [2.24, 2.45) is 0 Å². The van der Waals surface area contributed by atoms with Gasteiger partial charge in [-0.15, -0.1) is 0 Å². The summed E-state index contributed by atoms with van der Waals surface area (Å²) in [7, 11) is 0. The van der Waals surface area contributed by atoms with Gasteiger partial charge in [-0.2, -0.15) is 0 Å². The van der Waals surface area contributed by atoms with Crippen LogP contribution in [0.1, 0.15) is 47.2 Å². The van der Waals surface area contributed by atoms with Crippen LogP contribution < -0.4 is 0 Å². The SMILES string of the molecule is Cc1ccc(C(C)(C)c2cccc(C)c2C)cc1C. The Bertz CT molecular complexity index is 603. The average Bonchev–Trinajstić information content (AvgIpc) is 2.35. The van der Waals surface area contributed by atoms with E-state index in [9.17, 15) is 0 Å². The van der Waals surface area contributed by atoms with Crippen LogP contribution in [0.3, 0.4) is 0 Å². The first kappa shape index (κ1) is 13.9. The van der Waals surface area contributed by atoms with Crippen LogP contribution in [0.15, 0.2) is 36.4 Å². The van der Waals surface area contributed by atoms with Gasteiger partial charge in [-0.3, -0.25) is 0 Å². The molecule has 0 unspecified atom stereocenters. The smallest absolute Gasteiger partial charge is 0.0149 e. The third kappa shape index (κ3) is 2.45.